The standard InChI is InChI=1S/C11H16O5/c1-2-7(11(12)13)3-9(10-6-16-10)15-5-8-4-14-8/h3,8-10H,2,4-6H2,1H3,(H,12,13). The van der Waals surface area contributed by atoms with Gasteiger partial charge in [0, 0.05) is 5.57 Å². The molecule has 5 heteroatoms. The highest BCUT2D eigenvalue weighted by Crippen LogP contribution is 2.22. The molecule has 0 aliphatic carbocycles. The van der Waals surface area contributed by atoms with E-state index < -0.39 is 5.97 Å². The Labute approximate surface area is 94.0 Å². The minimum atomic E-state index is -0.889. The SMILES string of the molecule is CCC(=CC(OCC1CO1)C1CO1)C(=O)O. The topological polar surface area (TPSA) is 71.6 Å². The number of carboxylic acid groups (broad SMARTS) is 1. The van der Waals surface area contributed by atoms with E-state index in [9.17, 15) is 4.79 Å². The maximum atomic E-state index is 10.9. The summed E-state index contributed by atoms with van der Waals surface area (Å²) in [4.78, 5) is 10.9. The molecule has 1 N–H and O–H groups in total. The van der Waals surface area contributed by atoms with Gasteiger partial charge >= 0.3 is 5.97 Å². The van der Waals surface area contributed by atoms with Gasteiger partial charge in [-0.2, -0.15) is 0 Å². The van der Waals surface area contributed by atoms with E-state index in [4.69, 9.17) is 19.3 Å². The van der Waals surface area contributed by atoms with E-state index in [1.54, 1.807) is 6.08 Å². The molecule has 2 aliphatic heterocycles. The zero-order valence-electron chi connectivity index (χ0n) is 9.22. The fraction of sp³-hybridized carbons (Fsp3) is 0.727. The molecule has 3 unspecified atom stereocenters. The van der Waals surface area contributed by atoms with Crippen LogP contribution in [0.5, 0.6) is 0 Å². The predicted octanol–water partition coefficient (Wildman–Crippen LogP) is 0.590. The molecule has 16 heavy (non-hydrogen) atoms. The Kier molecular flexibility index (Phi) is 3.58. The highest BCUT2D eigenvalue weighted by Gasteiger charge is 2.34. The first-order valence-corrected chi connectivity index (χ1v) is 5.49. The van der Waals surface area contributed by atoms with Gasteiger partial charge in [0.15, 0.2) is 0 Å². The van der Waals surface area contributed by atoms with Crippen molar-refractivity contribution in [2.45, 2.75) is 31.7 Å². The molecule has 0 saturated carbocycles. The number of epoxide rings is 2. The Morgan fingerprint density at radius 3 is 2.69 bits per heavy atom. The van der Waals surface area contributed by atoms with Gasteiger partial charge < -0.3 is 19.3 Å². The molecular weight excluding hydrogens is 212 g/mol. The second kappa shape index (κ2) is 4.95. The number of ether oxygens (including phenoxy) is 3. The summed E-state index contributed by atoms with van der Waals surface area (Å²) in [6.45, 7) is 3.71. The van der Waals surface area contributed by atoms with Crippen LogP contribution in [0.3, 0.4) is 0 Å². The molecule has 2 heterocycles. The van der Waals surface area contributed by atoms with Crippen LogP contribution in [0, 0.1) is 0 Å². The first-order chi connectivity index (χ1) is 7.70. The number of carbonyl (C=O) groups is 1. The second-order valence-corrected chi connectivity index (χ2v) is 3.98. The third-order valence-electron chi connectivity index (χ3n) is 2.62. The Balaban J connectivity index is 1.91. The molecule has 2 saturated heterocycles. The van der Waals surface area contributed by atoms with Crippen LogP contribution in [0.15, 0.2) is 11.6 Å². The molecule has 2 fully saturated rings. The van der Waals surface area contributed by atoms with Crippen molar-refractivity contribution in [1.29, 1.82) is 0 Å². The van der Waals surface area contributed by atoms with Crippen molar-refractivity contribution in [3.05, 3.63) is 11.6 Å². The van der Waals surface area contributed by atoms with Crippen LogP contribution in [-0.2, 0) is 19.0 Å². The predicted molar refractivity (Wildman–Crippen MR) is 55.2 cm³/mol. The molecule has 3 atom stereocenters. The van der Waals surface area contributed by atoms with Crippen LogP contribution < -0.4 is 0 Å². The summed E-state index contributed by atoms with van der Waals surface area (Å²) in [6, 6.07) is 0. The summed E-state index contributed by atoms with van der Waals surface area (Å²) in [5.41, 5.74) is 0.372. The molecular formula is C11H16O5. The fourth-order valence-electron chi connectivity index (χ4n) is 1.43. The van der Waals surface area contributed by atoms with Crippen LogP contribution >= 0.6 is 0 Å². The summed E-state index contributed by atoms with van der Waals surface area (Å²) in [6.07, 6.45) is 2.09. The number of aliphatic carboxylic acids is 1. The number of rotatable bonds is 7. The Bertz CT molecular complexity index is 291. The van der Waals surface area contributed by atoms with Crippen molar-refractivity contribution < 1.29 is 24.1 Å². The van der Waals surface area contributed by atoms with Crippen LogP contribution in [0.1, 0.15) is 13.3 Å². The average Bonchev–Trinajstić information content (AvgIpc) is 3.11. The minimum absolute atomic E-state index is 0.0136. The average molecular weight is 228 g/mol. The lowest BCUT2D eigenvalue weighted by Crippen LogP contribution is -2.21. The van der Waals surface area contributed by atoms with Crippen molar-refractivity contribution in [2.24, 2.45) is 0 Å². The van der Waals surface area contributed by atoms with Gasteiger partial charge in [-0.05, 0) is 12.5 Å². The lowest BCUT2D eigenvalue weighted by Gasteiger charge is -2.11. The van der Waals surface area contributed by atoms with Gasteiger partial charge in [-0.15, -0.1) is 0 Å². The number of hydrogen-bond acceptors (Lipinski definition) is 4. The lowest BCUT2D eigenvalue weighted by atomic mass is 10.1. The van der Waals surface area contributed by atoms with Gasteiger partial charge in [0.2, 0.25) is 0 Å². The van der Waals surface area contributed by atoms with Gasteiger partial charge in [0.25, 0.3) is 0 Å². The van der Waals surface area contributed by atoms with Crippen molar-refractivity contribution in [2.75, 3.05) is 19.8 Å². The van der Waals surface area contributed by atoms with E-state index in [1.165, 1.54) is 0 Å². The summed E-state index contributed by atoms with van der Waals surface area (Å²) >= 11 is 0. The zero-order chi connectivity index (χ0) is 11.5. The summed E-state index contributed by atoms with van der Waals surface area (Å²) in [5.74, 6) is -0.889. The van der Waals surface area contributed by atoms with Crippen molar-refractivity contribution in [3.8, 4) is 0 Å². The molecule has 0 spiro atoms. The van der Waals surface area contributed by atoms with E-state index in [2.05, 4.69) is 0 Å². The molecule has 2 aliphatic rings. The van der Waals surface area contributed by atoms with E-state index in [0.29, 0.717) is 25.2 Å². The first kappa shape index (κ1) is 11.6. The highest BCUT2D eigenvalue weighted by atomic mass is 16.6. The molecule has 0 amide bonds. The third-order valence-corrected chi connectivity index (χ3v) is 2.62. The highest BCUT2D eigenvalue weighted by molar-refractivity contribution is 5.86. The summed E-state index contributed by atoms with van der Waals surface area (Å²) in [5, 5.41) is 8.92. The smallest absolute Gasteiger partial charge is 0.331 e. The molecule has 0 aromatic rings. The van der Waals surface area contributed by atoms with E-state index in [1.807, 2.05) is 6.92 Å². The Morgan fingerprint density at radius 1 is 1.56 bits per heavy atom. The zero-order valence-corrected chi connectivity index (χ0v) is 9.22. The van der Waals surface area contributed by atoms with Gasteiger partial charge in [-0.1, -0.05) is 6.92 Å². The van der Waals surface area contributed by atoms with Gasteiger partial charge in [0.05, 0.1) is 19.8 Å². The number of carboxylic acids is 1. The van der Waals surface area contributed by atoms with Crippen LogP contribution in [0.4, 0.5) is 0 Å². The molecule has 0 radical (unpaired) electrons. The van der Waals surface area contributed by atoms with Crippen LogP contribution in [-0.4, -0.2) is 49.2 Å². The van der Waals surface area contributed by atoms with E-state index in [0.717, 1.165) is 6.61 Å². The molecule has 90 valence electrons. The van der Waals surface area contributed by atoms with Crippen molar-refractivity contribution >= 4 is 5.97 Å². The summed E-state index contributed by atoms with van der Waals surface area (Å²) in [7, 11) is 0. The van der Waals surface area contributed by atoms with Crippen LogP contribution in [0.25, 0.3) is 0 Å². The quantitative estimate of drug-likeness (QED) is 0.510. The van der Waals surface area contributed by atoms with Gasteiger partial charge in [0.1, 0.15) is 18.3 Å². The van der Waals surface area contributed by atoms with Gasteiger partial charge in [-0.25, -0.2) is 4.79 Å². The van der Waals surface area contributed by atoms with E-state index >= 15 is 0 Å². The first-order valence-electron chi connectivity index (χ1n) is 5.49. The molecule has 0 aromatic carbocycles. The van der Waals surface area contributed by atoms with Gasteiger partial charge in [-0.3, -0.25) is 0 Å². The largest absolute Gasteiger partial charge is 0.478 e. The fourth-order valence-corrected chi connectivity index (χ4v) is 1.43. The maximum Gasteiger partial charge on any atom is 0.331 e. The van der Waals surface area contributed by atoms with Crippen LogP contribution in [0.2, 0.25) is 0 Å². The monoisotopic (exact) mass is 228 g/mol. The number of hydrogen-bond donors (Lipinski definition) is 1. The molecule has 5 nitrogen and oxygen atoms in total. The maximum absolute atomic E-state index is 10.9. The second-order valence-electron chi connectivity index (χ2n) is 3.98. The lowest BCUT2D eigenvalue weighted by molar-refractivity contribution is -0.132. The molecule has 0 aromatic heterocycles. The van der Waals surface area contributed by atoms with E-state index in [-0.39, 0.29) is 18.3 Å². The van der Waals surface area contributed by atoms with Crippen molar-refractivity contribution in [1.82, 2.24) is 0 Å². The Hall–Kier alpha value is -0.910. The summed E-state index contributed by atoms with van der Waals surface area (Å²) < 4.78 is 15.8. The third kappa shape index (κ3) is 3.30. The minimum Gasteiger partial charge on any atom is -0.478 e. The molecule has 2 rings (SSSR count). The van der Waals surface area contributed by atoms with Crippen molar-refractivity contribution in [3.63, 3.8) is 0 Å². The normalized spacial score (nSPS) is 29.9. The molecule has 0 bridgehead atoms. The Morgan fingerprint density at radius 2 is 2.25 bits per heavy atom.